The van der Waals surface area contributed by atoms with Crippen LogP contribution >= 0.6 is 11.6 Å². The quantitative estimate of drug-likeness (QED) is 0.377. The number of methoxy groups -OCH3 is 1. The first-order valence-corrected chi connectivity index (χ1v) is 13.9. The number of aryl methyl sites for hydroxylation is 1. The van der Waals surface area contributed by atoms with Crippen molar-refractivity contribution in [2.24, 2.45) is 0 Å². The summed E-state index contributed by atoms with van der Waals surface area (Å²) >= 11 is 6.04. The second kappa shape index (κ2) is 12.8. The molecule has 0 radical (unpaired) electrons. The number of ether oxygens (including phenoxy) is 1. The molecule has 8 nitrogen and oxygen atoms in total. The van der Waals surface area contributed by atoms with Gasteiger partial charge in [0.25, 0.3) is 10.0 Å². The van der Waals surface area contributed by atoms with E-state index < -0.39 is 28.5 Å². The largest absolute Gasteiger partial charge is 0.497 e. The van der Waals surface area contributed by atoms with Crippen molar-refractivity contribution in [3.8, 4) is 5.75 Å². The van der Waals surface area contributed by atoms with Crippen LogP contribution in [-0.4, -0.2) is 51.4 Å². The Kier molecular flexibility index (Phi) is 9.77. The highest BCUT2D eigenvalue weighted by molar-refractivity contribution is 7.92. The summed E-state index contributed by atoms with van der Waals surface area (Å²) in [4.78, 5) is 28.0. The molecule has 0 heterocycles. The number of nitrogens with zero attached hydrogens (tertiary/aromatic N) is 2. The molecule has 0 spiro atoms. The minimum absolute atomic E-state index is 0.0435. The third-order valence-corrected chi connectivity index (χ3v) is 8.05. The number of benzene rings is 3. The third kappa shape index (κ3) is 7.05. The van der Waals surface area contributed by atoms with Crippen LogP contribution in [0.5, 0.6) is 5.75 Å². The molecule has 0 aliphatic carbocycles. The zero-order chi connectivity index (χ0) is 27.9. The molecule has 202 valence electrons. The van der Waals surface area contributed by atoms with Gasteiger partial charge in [0.2, 0.25) is 11.8 Å². The summed E-state index contributed by atoms with van der Waals surface area (Å²) in [6.45, 7) is 5.21. The fourth-order valence-corrected chi connectivity index (χ4v) is 5.39. The van der Waals surface area contributed by atoms with Crippen LogP contribution in [0.3, 0.4) is 0 Å². The Hall–Kier alpha value is -3.56. The van der Waals surface area contributed by atoms with E-state index in [4.69, 9.17) is 16.3 Å². The number of sulfonamides is 1. The van der Waals surface area contributed by atoms with Crippen LogP contribution < -0.4 is 14.4 Å². The molecular formula is C28H32ClN3O5S. The minimum Gasteiger partial charge on any atom is -0.497 e. The lowest BCUT2D eigenvalue weighted by Crippen LogP contribution is -2.51. The molecule has 1 atom stereocenters. The van der Waals surface area contributed by atoms with Crippen molar-refractivity contribution in [2.45, 2.75) is 38.3 Å². The summed E-state index contributed by atoms with van der Waals surface area (Å²) in [6, 6.07) is 18.9. The second-order valence-corrected chi connectivity index (χ2v) is 11.0. The molecule has 0 fully saturated rings. The first-order chi connectivity index (χ1) is 18.1. The molecular weight excluding hydrogens is 526 g/mol. The Morgan fingerprint density at radius 3 is 2.29 bits per heavy atom. The van der Waals surface area contributed by atoms with Gasteiger partial charge in [0.05, 0.1) is 17.7 Å². The van der Waals surface area contributed by atoms with Gasteiger partial charge in [0.15, 0.2) is 0 Å². The zero-order valence-electron chi connectivity index (χ0n) is 21.8. The molecule has 10 heteroatoms. The zero-order valence-corrected chi connectivity index (χ0v) is 23.4. The highest BCUT2D eigenvalue weighted by Crippen LogP contribution is 2.26. The topological polar surface area (TPSA) is 96.0 Å². The Morgan fingerprint density at radius 1 is 1.03 bits per heavy atom. The van der Waals surface area contributed by atoms with Crippen LogP contribution in [-0.2, 0) is 26.2 Å². The second-order valence-electron chi connectivity index (χ2n) is 8.74. The van der Waals surface area contributed by atoms with Crippen molar-refractivity contribution in [3.05, 3.63) is 88.9 Å². The minimum atomic E-state index is -4.13. The van der Waals surface area contributed by atoms with Crippen molar-refractivity contribution < 1.29 is 22.7 Å². The van der Waals surface area contributed by atoms with Crippen molar-refractivity contribution in [1.29, 1.82) is 0 Å². The van der Waals surface area contributed by atoms with Gasteiger partial charge in [-0.3, -0.25) is 13.9 Å². The summed E-state index contributed by atoms with van der Waals surface area (Å²) in [6.07, 6.45) is 0. The maximum Gasteiger partial charge on any atom is 0.264 e. The standard InChI is InChI=1S/C28H32ClN3O5S/c1-5-30-28(34)21(3)31(18-22-7-6-8-25(17-22)37-4)27(33)19-32(24-13-11-23(29)12-14-24)38(35,36)26-15-9-20(2)10-16-26/h6-17,21H,5,18-19H2,1-4H3,(H,30,34)/t21-/m0/s1. The van der Waals surface area contributed by atoms with Gasteiger partial charge in [-0.15, -0.1) is 0 Å². The Bertz CT molecular complexity index is 1360. The molecule has 0 saturated carbocycles. The molecule has 0 aromatic heterocycles. The van der Waals surface area contributed by atoms with Crippen LogP contribution in [0, 0.1) is 6.92 Å². The molecule has 38 heavy (non-hydrogen) atoms. The number of rotatable bonds is 11. The van der Waals surface area contributed by atoms with Crippen LogP contribution in [0.15, 0.2) is 77.7 Å². The number of amides is 2. The monoisotopic (exact) mass is 557 g/mol. The van der Waals surface area contributed by atoms with Gasteiger partial charge < -0.3 is 15.0 Å². The van der Waals surface area contributed by atoms with Crippen molar-refractivity contribution in [1.82, 2.24) is 10.2 Å². The average molecular weight is 558 g/mol. The lowest BCUT2D eigenvalue weighted by Gasteiger charge is -2.32. The number of anilines is 1. The van der Waals surface area contributed by atoms with Crippen molar-refractivity contribution >= 4 is 39.1 Å². The Morgan fingerprint density at radius 2 is 1.68 bits per heavy atom. The number of hydrogen-bond donors (Lipinski definition) is 1. The highest BCUT2D eigenvalue weighted by Gasteiger charge is 2.32. The molecule has 3 aromatic rings. The summed E-state index contributed by atoms with van der Waals surface area (Å²) < 4.78 is 33.9. The SMILES string of the molecule is CCNC(=O)[C@H](C)N(Cc1cccc(OC)c1)C(=O)CN(c1ccc(Cl)cc1)S(=O)(=O)c1ccc(C)cc1. The van der Waals surface area contributed by atoms with Crippen molar-refractivity contribution in [2.75, 3.05) is 24.5 Å². The van der Waals surface area contributed by atoms with Gasteiger partial charge in [-0.05, 0) is 74.9 Å². The predicted octanol–water partition coefficient (Wildman–Crippen LogP) is 4.41. The maximum atomic E-state index is 13.8. The first-order valence-electron chi connectivity index (χ1n) is 12.1. The molecule has 0 aliphatic heterocycles. The van der Waals surface area contributed by atoms with E-state index >= 15 is 0 Å². The van der Waals surface area contributed by atoms with E-state index in [0.29, 0.717) is 17.3 Å². The Labute approximate surface area is 229 Å². The predicted molar refractivity (Wildman–Crippen MR) is 149 cm³/mol. The molecule has 0 unspecified atom stereocenters. The van der Waals surface area contributed by atoms with E-state index in [1.54, 1.807) is 75.6 Å². The number of likely N-dealkylation sites (N-methyl/N-ethyl adjacent to an activating group) is 1. The first kappa shape index (κ1) is 29.0. The van der Waals surface area contributed by atoms with E-state index in [2.05, 4.69) is 5.32 Å². The summed E-state index contributed by atoms with van der Waals surface area (Å²) in [5.41, 5.74) is 1.90. The average Bonchev–Trinajstić information content (AvgIpc) is 2.91. The molecule has 3 aromatic carbocycles. The van der Waals surface area contributed by atoms with Crippen molar-refractivity contribution in [3.63, 3.8) is 0 Å². The van der Waals surface area contributed by atoms with E-state index in [-0.39, 0.29) is 23.0 Å². The molecule has 1 N–H and O–H groups in total. The number of halogens is 1. The lowest BCUT2D eigenvalue weighted by molar-refractivity contribution is -0.139. The number of carbonyl (C=O) groups excluding carboxylic acids is 2. The van der Waals surface area contributed by atoms with Crippen LogP contribution in [0.4, 0.5) is 5.69 Å². The van der Waals surface area contributed by atoms with Gasteiger partial charge in [0.1, 0.15) is 18.3 Å². The molecule has 0 saturated heterocycles. The van der Waals surface area contributed by atoms with Gasteiger partial charge in [-0.2, -0.15) is 0 Å². The summed E-state index contributed by atoms with van der Waals surface area (Å²) in [5.74, 6) is -0.286. The molecule has 0 aliphatic rings. The maximum absolute atomic E-state index is 13.8. The Balaban J connectivity index is 2.02. The van der Waals surface area contributed by atoms with Crippen LogP contribution in [0.1, 0.15) is 25.0 Å². The van der Waals surface area contributed by atoms with Gasteiger partial charge >= 0.3 is 0 Å². The van der Waals surface area contributed by atoms with Crippen LogP contribution in [0.25, 0.3) is 0 Å². The van der Waals surface area contributed by atoms with Gasteiger partial charge in [-0.25, -0.2) is 8.42 Å². The molecule has 0 bridgehead atoms. The number of carbonyl (C=O) groups is 2. The molecule has 3 rings (SSSR count). The van der Waals surface area contributed by atoms with E-state index in [1.807, 2.05) is 13.0 Å². The summed E-state index contributed by atoms with van der Waals surface area (Å²) in [5, 5.41) is 3.17. The smallest absolute Gasteiger partial charge is 0.264 e. The lowest BCUT2D eigenvalue weighted by atomic mass is 10.1. The highest BCUT2D eigenvalue weighted by atomic mass is 35.5. The normalized spacial score (nSPS) is 11.9. The van der Waals surface area contributed by atoms with E-state index in [9.17, 15) is 18.0 Å². The third-order valence-electron chi connectivity index (χ3n) is 6.01. The van der Waals surface area contributed by atoms with Gasteiger partial charge in [0, 0.05) is 18.1 Å². The van der Waals surface area contributed by atoms with E-state index in [1.165, 1.54) is 17.0 Å². The van der Waals surface area contributed by atoms with Gasteiger partial charge in [-0.1, -0.05) is 41.4 Å². The van der Waals surface area contributed by atoms with Crippen LogP contribution in [0.2, 0.25) is 5.02 Å². The summed E-state index contributed by atoms with van der Waals surface area (Å²) in [7, 11) is -2.59. The number of nitrogens with one attached hydrogen (secondary N) is 1. The fraction of sp³-hybridized carbons (Fsp3) is 0.286. The van der Waals surface area contributed by atoms with E-state index in [0.717, 1.165) is 15.4 Å². The number of hydrogen-bond acceptors (Lipinski definition) is 5. The molecule has 2 amide bonds. The fourth-order valence-electron chi connectivity index (χ4n) is 3.85.